The van der Waals surface area contributed by atoms with Crippen molar-refractivity contribution in [2.45, 2.75) is 24.6 Å². The summed E-state index contributed by atoms with van der Waals surface area (Å²) >= 11 is 0. The fourth-order valence-corrected chi connectivity index (χ4v) is 2.96. The molecule has 1 aliphatic carbocycles. The van der Waals surface area contributed by atoms with Gasteiger partial charge in [0.1, 0.15) is 5.75 Å². The molecule has 94 valence electrons. The van der Waals surface area contributed by atoms with Gasteiger partial charge < -0.3 is 10.5 Å². The lowest BCUT2D eigenvalue weighted by Crippen LogP contribution is -2.17. The maximum absolute atomic E-state index is 11.8. The molecule has 0 spiro atoms. The molecule has 5 nitrogen and oxygen atoms in total. The standard InChI is InChI=1S/C11H16N2O3S/c1-16-11-6-8(7-12)2-5-10(11)13-17(14,15)9-3-4-9/h2,5-6,9,13H,3-4,7,12H2,1H3. The van der Waals surface area contributed by atoms with Gasteiger partial charge in [0.2, 0.25) is 10.0 Å². The Bertz CT molecular complexity index is 509. The number of anilines is 1. The molecule has 0 unspecified atom stereocenters. The van der Waals surface area contributed by atoms with Crippen LogP contribution in [0.1, 0.15) is 18.4 Å². The minimum atomic E-state index is -3.25. The van der Waals surface area contributed by atoms with Crippen molar-refractivity contribution in [2.24, 2.45) is 5.73 Å². The molecule has 1 saturated carbocycles. The molecule has 1 aromatic rings. The highest BCUT2D eigenvalue weighted by atomic mass is 32.2. The first-order valence-corrected chi connectivity index (χ1v) is 7.00. The van der Waals surface area contributed by atoms with Crippen LogP contribution in [0.2, 0.25) is 0 Å². The number of sulfonamides is 1. The molecule has 0 atom stereocenters. The van der Waals surface area contributed by atoms with Crippen LogP contribution in [-0.2, 0) is 16.6 Å². The third kappa shape index (κ3) is 2.70. The van der Waals surface area contributed by atoms with E-state index in [0.717, 1.165) is 18.4 Å². The monoisotopic (exact) mass is 256 g/mol. The van der Waals surface area contributed by atoms with Gasteiger partial charge in [-0.1, -0.05) is 6.07 Å². The number of rotatable bonds is 5. The van der Waals surface area contributed by atoms with Crippen LogP contribution in [0.5, 0.6) is 5.75 Å². The van der Waals surface area contributed by atoms with Gasteiger partial charge in [0.05, 0.1) is 18.0 Å². The Balaban J connectivity index is 2.26. The zero-order valence-electron chi connectivity index (χ0n) is 9.64. The lowest BCUT2D eigenvalue weighted by atomic mass is 10.2. The zero-order valence-corrected chi connectivity index (χ0v) is 10.5. The molecule has 0 amide bonds. The van der Waals surface area contributed by atoms with Crippen molar-refractivity contribution >= 4 is 15.7 Å². The van der Waals surface area contributed by atoms with Crippen molar-refractivity contribution in [3.63, 3.8) is 0 Å². The molecule has 2 rings (SSSR count). The van der Waals surface area contributed by atoms with Gasteiger partial charge in [-0.05, 0) is 30.5 Å². The van der Waals surface area contributed by atoms with Crippen LogP contribution in [0.3, 0.4) is 0 Å². The molecule has 1 aliphatic rings. The summed E-state index contributed by atoms with van der Waals surface area (Å²) in [6.45, 7) is 0.395. The Morgan fingerprint density at radius 1 is 1.47 bits per heavy atom. The molecule has 17 heavy (non-hydrogen) atoms. The lowest BCUT2D eigenvalue weighted by molar-refractivity contribution is 0.416. The summed E-state index contributed by atoms with van der Waals surface area (Å²) in [6.07, 6.45) is 1.47. The molecule has 0 radical (unpaired) electrons. The third-order valence-corrected chi connectivity index (χ3v) is 4.57. The highest BCUT2D eigenvalue weighted by Gasteiger charge is 2.36. The van der Waals surface area contributed by atoms with Gasteiger partial charge in [-0.2, -0.15) is 0 Å². The fourth-order valence-electron chi connectivity index (χ4n) is 1.56. The van der Waals surface area contributed by atoms with Gasteiger partial charge in [0.15, 0.2) is 0 Å². The van der Waals surface area contributed by atoms with Crippen LogP contribution in [0, 0.1) is 0 Å². The Morgan fingerprint density at radius 2 is 2.18 bits per heavy atom. The van der Waals surface area contributed by atoms with Crippen LogP contribution in [0.25, 0.3) is 0 Å². The molecular formula is C11H16N2O3S. The van der Waals surface area contributed by atoms with Crippen LogP contribution in [-0.4, -0.2) is 20.8 Å². The van der Waals surface area contributed by atoms with E-state index in [1.807, 2.05) is 0 Å². The first-order valence-electron chi connectivity index (χ1n) is 5.45. The van der Waals surface area contributed by atoms with Crippen LogP contribution < -0.4 is 15.2 Å². The van der Waals surface area contributed by atoms with E-state index in [1.54, 1.807) is 18.2 Å². The van der Waals surface area contributed by atoms with E-state index in [2.05, 4.69) is 4.72 Å². The van der Waals surface area contributed by atoms with Crippen LogP contribution in [0.4, 0.5) is 5.69 Å². The van der Waals surface area contributed by atoms with Gasteiger partial charge in [0.25, 0.3) is 0 Å². The number of methoxy groups -OCH3 is 1. The molecule has 0 bridgehead atoms. The lowest BCUT2D eigenvalue weighted by Gasteiger charge is -2.12. The molecule has 1 fully saturated rings. The predicted octanol–water partition coefficient (Wildman–Crippen LogP) is 1.06. The average Bonchev–Trinajstić information content (AvgIpc) is 3.13. The average molecular weight is 256 g/mol. The third-order valence-electron chi connectivity index (χ3n) is 2.72. The number of hydrogen-bond donors (Lipinski definition) is 2. The van der Waals surface area contributed by atoms with Gasteiger partial charge in [-0.15, -0.1) is 0 Å². The number of hydrogen-bond acceptors (Lipinski definition) is 4. The van der Waals surface area contributed by atoms with Crippen molar-refractivity contribution in [2.75, 3.05) is 11.8 Å². The summed E-state index contributed by atoms with van der Waals surface area (Å²) in [5, 5.41) is -0.249. The molecular weight excluding hydrogens is 240 g/mol. The molecule has 3 N–H and O–H groups in total. The number of benzene rings is 1. The van der Waals surface area contributed by atoms with Crippen LogP contribution >= 0.6 is 0 Å². The van der Waals surface area contributed by atoms with E-state index < -0.39 is 10.0 Å². The summed E-state index contributed by atoms with van der Waals surface area (Å²) in [4.78, 5) is 0. The Labute approximate surface area is 101 Å². The van der Waals surface area contributed by atoms with E-state index >= 15 is 0 Å². The fraction of sp³-hybridized carbons (Fsp3) is 0.455. The van der Waals surface area contributed by atoms with E-state index in [4.69, 9.17) is 10.5 Å². The zero-order chi connectivity index (χ0) is 12.5. The second kappa shape index (κ2) is 4.54. The summed E-state index contributed by atoms with van der Waals surface area (Å²) in [7, 11) is -1.75. The molecule has 0 heterocycles. The summed E-state index contributed by atoms with van der Waals surface area (Å²) in [6, 6.07) is 5.21. The highest BCUT2D eigenvalue weighted by molar-refractivity contribution is 7.93. The van der Waals surface area contributed by atoms with Crippen molar-refractivity contribution in [3.8, 4) is 5.75 Å². The van der Waals surface area contributed by atoms with E-state index in [9.17, 15) is 8.42 Å². The second-order valence-electron chi connectivity index (χ2n) is 4.09. The summed E-state index contributed by atoms with van der Waals surface area (Å²) in [5.74, 6) is 0.497. The Kier molecular flexibility index (Phi) is 3.26. The maximum Gasteiger partial charge on any atom is 0.235 e. The first kappa shape index (κ1) is 12.2. The quantitative estimate of drug-likeness (QED) is 0.825. The molecule has 0 aromatic heterocycles. The van der Waals surface area contributed by atoms with Crippen molar-refractivity contribution in [1.82, 2.24) is 0 Å². The van der Waals surface area contributed by atoms with E-state index in [0.29, 0.717) is 18.0 Å². The number of nitrogens with two attached hydrogens (primary N) is 1. The topological polar surface area (TPSA) is 81.4 Å². The number of ether oxygens (including phenoxy) is 1. The van der Waals surface area contributed by atoms with Crippen molar-refractivity contribution in [3.05, 3.63) is 23.8 Å². The SMILES string of the molecule is COc1cc(CN)ccc1NS(=O)(=O)C1CC1. The Morgan fingerprint density at radius 3 is 2.71 bits per heavy atom. The first-order chi connectivity index (χ1) is 8.06. The normalized spacial score (nSPS) is 15.6. The smallest absolute Gasteiger partial charge is 0.235 e. The molecule has 0 saturated heterocycles. The minimum absolute atomic E-state index is 0.249. The van der Waals surface area contributed by atoms with Gasteiger partial charge in [-0.25, -0.2) is 8.42 Å². The molecule has 6 heteroatoms. The van der Waals surface area contributed by atoms with Crippen LogP contribution in [0.15, 0.2) is 18.2 Å². The van der Waals surface area contributed by atoms with Crippen molar-refractivity contribution < 1.29 is 13.2 Å². The highest BCUT2D eigenvalue weighted by Crippen LogP contribution is 2.33. The Hall–Kier alpha value is -1.27. The van der Waals surface area contributed by atoms with Gasteiger partial charge >= 0.3 is 0 Å². The van der Waals surface area contributed by atoms with E-state index in [1.165, 1.54) is 7.11 Å². The van der Waals surface area contributed by atoms with Gasteiger partial charge in [-0.3, -0.25) is 4.72 Å². The maximum atomic E-state index is 11.8. The molecule has 1 aromatic carbocycles. The number of nitrogens with one attached hydrogen (secondary N) is 1. The van der Waals surface area contributed by atoms with Crippen molar-refractivity contribution in [1.29, 1.82) is 0 Å². The second-order valence-corrected chi connectivity index (χ2v) is 6.05. The summed E-state index contributed by atoms with van der Waals surface area (Å²) < 4.78 is 31.3. The molecule has 0 aliphatic heterocycles. The minimum Gasteiger partial charge on any atom is -0.495 e. The largest absolute Gasteiger partial charge is 0.495 e. The van der Waals surface area contributed by atoms with E-state index in [-0.39, 0.29) is 5.25 Å². The van der Waals surface area contributed by atoms with Gasteiger partial charge in [0, 0.05) is 6.54 Å². The summed E-state index contributed by atoms with van der Waals surface area (Å²) in [5.41, 5.74) is 6.88. The predicted molar refractivity (Wildman–Crippen MR) is 66.4 cm³/mol.